The Morgan fingerprint density at radius 2 is 2.22 bits per heavy atom. The zero-order valence-corrected chi connectivity index (χ0v) is 11.1. The minimum atomic E-state index is 0.503. The van der Waals surface area contributed by atoms with Crippen molar-refractivity contribution in [1.82, 2.24) is 5.32 Å². The molecule has 0 aliphatic carbocycles. The monoisotopic (exact) mass is 259 g/mol. The van der Waals surface area contributed by atoms with Gasteiger partial charge in [0.2, 0.25) is 0 Å². The molecule has 94 valence electrons. The summed E-state index contributed by atoms with van der Waals surface area (Å²) < 4.78 is 5.68. The van der Waals surface area contributed by atoms with Crippen LogP contribution in [-0.2, 0) is 6.42 Å². The second kappa shape index (κ2) is 5.55. The fourth-order valence-electron chi connectivity index (χ4n) is 2.34. The zero-order chi connectivity index (χ0) is 12.2. The van der Waals surface area contributed by atoms with Crippen LogP contribution in [0.5, 0.6) is 5.75 Å². The lowest BCUT2D eigenvalue weighted by Crippen LogP contribution is -2.24. The third-order valence-corrected chi connectivity index (χ3v) is 4.09. The number of thiophene rings is 1. The Balaban J connectivity index is 1.47. The number of para-hydroxylation sites is 1. The van der Waals surface area contributed by atoms with Crippen LogP contribution in [0.1, 0.15) is 17.0 Å². The Hall–Kier alpha value is -1.32. The molecule has 3 rings (SSSR count). The molecule has 2 heterocycles. The fraction of sp³-hybridized carbons (Fsp3) is 0.333. The van der Waals surface area contributed by atoms with Gasteiger partial charge in [-0.3, -0.25) is 0 Å². The van der Waals surface area contributed by atoms with Crippen LogP contribution in [0.25, 0.3) is 0 Å². The predicted molar refractivity (Wildman–Crippen MR) is 75.6 cm³/mol. The molecule has 2 aromatic rings. The summed E-state index contributed by atoms with van der Waals surface area (Å²) in [6.45, 7) is 2.85. The molecule has 0 radical (unpaired) electrons. The van der Waals surface area contributed by atoms with Gasteiger partial charge in [-0.15, -0.1) is 0 Å². The Morgan fingerprint density at radius 1 is 1.28 bits per heavy atom. The molecule has 0 saturated heterocycles. The molecule has 1 aliphatic heterocycles. The van der Waals surface area contributed by atoms with Crippen LogP contribution in [0.2, 0.25) is 0 Å². The van der Waals surface area contributed by atoms with E-state index < -0.39 is 0 Å². The molecule has 1 aliphatic rings. The Bertz CT molecular complexity index is 495. The first-order chi connectivity index (χ1) is 8.93. The molecule has 3 heteroatoms. The van der Waals surface area contributed by atoms with Gasteiger partial charge in [0, 0.05) is 18.0 Å². The highest BCUT2D eigenvalue weighted by Gasteiger charge is 2.22. The van der Waals surface area contributed by atoms with E-state index in [1.807, 2.05) is 6.07 Å². The smallest absolute Gasteiger partial charge is 0.122 e. The van der Waals surface area contributed by atoms with Gasteiger partial charge < -0.3 is 10.1 Å². The molecule has 1 aromatic heterocycles. The first-order valence-corrected chi connectivity index (χ1v) is 7.31. The summed E-state index contributed by atoms with van der Waals surface area (Å²) in [5.41, 5.74) is 2.77. The first kappa shape index (κ1) is 11.8. The standard InChI is InChI=1S/C15H17NOS/c1-2-4-15-14(3-1)13(10-17-15)9-16-7-5-12-6-8-18-11-12/h1-4,6,8,11,13,16H,5,7,9-10H2. The average molecular weight is 259 g/mol. The topological polar surface area (TPSA) is 21.3 Å². The van der Waals surface area contributed by atoms with Crippen molar-refractivity contribution in [2.75, 3.05) is 19.7 Å². The Morgan fingerprint density at radius 3 is 3.11 bits per heavy atom. The van der Waals surface area contributed by atoms with Crippen molar-refractivity contribution in [3.05, 3.63) is 52.2 Å². The van der Waals surface area contributed by atoms with E-state index in [-0.39, 0.29) is 0 Å². The maximum absolute atomic E-state index is 5.68. The molecule has 1 unspecified atom stereocenters. The molecular formula is C15H17NOS. The van der Waals surface area contributed by atoms with E-state index >= 15 is 0 Å². The highest BCUT2D eigenvalue weighted by Crippen LogP contribution is 2.32. The van der Waals surface area contributed by atoms with E-state index in [1.165, 1.54) is 11.1 Å². The van der Waals surface area contributed by atoms with Gasteiger partial charge in [-0.05, 0) is 41.4 Å². The van der Waals surface area contributed by atoms with Gasteiger partial charge in [0.1, 0.15) is 5.75 Å². The lowest BCUT2D eigenvalue weighted by molar-refractivity contribution is 0.327. The number of fused-ring (bicyclic) bond motifs is 1. The highest BCUT2D eigenvalue weighted by molar-refractivity contribution is 7.07. The van der Waals surface area contributed by atoms with Crippen LogP contribution < -0.4 is 10.1 Å². The molecule has 0 bridgehead atoms. The minimum absolute atomic E-state index is 0.503. The number of hydrogen-bond donors (Lipinski definition) is 1. The fourth-order valence-corrected chi connectivity index (χ4v) is 3.05. The van der Waals surface area contributed by atoms with Gasteiger partial charge in [-0.25, -0.2) is 0 Å². The summed E-state index contributed by atoms with van der Waals surface area (Å²) >= 11 is 1.77. The SMILES string of the molecule is c1ccc2c(c1)OCC2CNCCc1ccsc1. The Kier molecular flexibility index (Phi) is 3.62. The van der Waals surface area contributed by atoms with Crippen molar-refractivity contribution in [1.29, 1.82) is 0 Å². The van der Waals surface area contributed by atoms with Crippen LogP contribution in [0, 0.1) is 0 Å². The third-order valence-electron chi connectivity index (χ3n) is 3.36. The van der Waals surface area contributed by atoms with Crippen LogP contribution >= 0.6 is 11.3 Å². The van der Waals surface area contributed by atoms with Crippen molar-refractivity contribution in [2.45, 2.75) is 12.3 Å². The number of ether oxygens (including phenoxy) is 1. The second-order valence-corrected chi connectivity index (χ2v) is 5.41. The predicted octanol–water partition coefficient (Wildman–Crippen LogP) is 3.06. The number of benzene rings is 1. The molecule has 0 saturated carbocycles. The van der Waals surface area contributed by atoms with Gasteiger partial charge in [0.15, 0.2) is 0 Å². The van der Waals surface area contributed by atoms with Gasteiger partial charge in [0.05, 0.1) is 6.61 Å². The van der Waals surface area contributed by atoms with Gasteiger partial charge in [-0.2, -0.15) is 11.3 Å². The molecule has 1 N–H and O–H groups in total. The molecule has 0 amide bonds. The summed E-state index contributed by atoms with van der Waals surface area (Å²) in [4.78, 5) is 0. The number of rotatable bonds is 5. The molecule has 0 spiro atoms. The van der Waals surface area contributed by atoms with Crippen molar-refractivity contribution in [3.8, 4) is 5.75 Å². The quantitative estimate of drug-likeness (QED) is 0.833. The maximum atomic E-state index is 5.68. The summed E-state index contributed by atoms with van der Waals surface area (Å²) in [6.07, 6.45) is 1.11. The van der Waals surface area contributed by atoms with E-state index in [2.05, 4.69) is 40.3 Å². The van der Waals surface area contributed by atoms with E-state index in [0.29, 0.717) is 5.92 Å². The minimum Gasteiger partial charge on any atom is -0.493 e. The zero-order valence-electron chi connectivity index (χ0n) is 10.3. The first-order valence-electron chi connectivity index (χ1n) is 6.37. The summed E-state index contributed by atoms with van der Waals surface area (Å²) in [6, 6.07) is 10.5. The molecule has 2 nitrogen and oxygen atoms in total. The van der Waals surface area contributed by atoms with E-state index in [0.717, 1.165) is 31.9 Å². The summed E-state index contributed by atoms with van der Waals surface area (Å²) in [7, 11) is 0. The highest BCUT2D eigenvalue weighted by atomic mass is 32.1. The van der Waals surface area contributed by atoms with E-state index in [4.69, 9.17) is 4.74 Å². The van der Waals surface area contributed by atoms with Crippen LogP contribution in [0.15, 0.2) is 41.1 Å². The molecule has 0 fully saturated rings. The van der Waals surface area contributed by atoms with E-state index in [1.54, 1.807) is 11.3 Å². The third kappa shape index (κ3) is 2.57. The van der Waals surface area contributed by atoms with Crippen molar-refractivity contribution >= 4 is 11.3 Å². The normalized spacial score (nSPS) is 17.4. The molecular weight excluding hydrogens is 242 g/mol. The van der Waals surface area contributed by atoms with Crippen LogP contribution in [0.4, 0.5) is 0 Å². The maximum Gasteiger partial charge on any atom is 0.122 e. The summed E-state index contributed by atoms with van der Waals surface area (Å²) in [5.74, 6) is 1.56. The molecule has 1 aromatic carbocycles. The van der Waals surface area contributed by atoms with Crippen molar-refractivity contribution < 1.29 is 4.74 Å². The van der Waals surface area contributed by atoms with Crippen LogP contribution in [0.3, 0.4) is 0 Å². The molecule has 1 atom stereocenters. The van der Waals surface area contributed by atoms with Gasteiger partial charge in [0.25, 0.3) is 0 Å². The lowest BCUT2D eigenvalue weighted by atomic mass is 10.0. The van der Waals surface area contributed by atoms with Gasteiger partial charge in [-0.1, -0.05) is 18.2 Å². The Labute approximate surface area is 112 Å². The largest absolute Gasteiger partial charge is 0.493 e. The molecule has 18 heavy (non-hydrogen) atoms. The van der Waals surface area contributed by atoms with Crippen molar-refractivity contribution in [3.63, 3.8) is 0 Å². The summed E-state index contributed by atoms with van der Waals surface area (Å²) in [5, 5.41) is 7.88. The lowest BCUT2D eigenvalue weighted by Gasteiger charge is -2.10. The van der Waals surface area contributed by atoms with Crippen molar-refractivity contribution in [2.24, 2.45) is 0 Å². The van der Waals surface area contributed by atoms with E-state index in [9.17, 15) is 0 Å². The van der Waals surface area contributed by atoms with Crippen LogP contribution in [-0.4, -0.2) is 19.7 Å². The van der Waals surface area contributed by atoms with Gasteiger partial charge >= 0.3 is 0 Å². The second-order valence-electron chi connectivity index (χ2n) is 4.63. The average Bonchev–Trinajstić information content (AvgIpc) is 3.04. The number of nitrogens with one attached hydrogen (secondary N) is 1. The number of hydrogen-bond acceptors (Lipinski definition) is 3.